The highest BCUT2D eigenvalue weighted by atomic mass is 16.2. The molecule has 0 heterocycles. The van der Waals surface area contributed by atoms with Crippen molar-refractivity contribution in [2.45, 2.75) is 46.5 Å². The van der Waals surface area contributed by atoms with Crippen LogP contribution in [0.4, 0.5) is 5.69 Å². The smallest absolute Gasteiger partial charge is 0.229 e. The van der Waals surface area contributed by atoms with Crippen molar-refractivity contribution in [3.63, 3.8) is 0 Å². The van der Waals surface area contributed by atoms with Crippen LogP contribution in [-0.4, -0.2) is 5.91 Å². The van der Waals surface area contributed by atoms with E-state index in [1.165, 1.54) is 47.6 Å². The minimum atomic E-state index is -0.370. The summed E-state index contributed by atoms with van der Waals surface area (Å²) < 4.78 is 0. The number of benzene rings is 2. The lowest BCUT2D eigenvalue weighted by Crippen LogP contribution is -2.27. The van der Waals surface area contributed by atoms with Gasteiger partial charge in [-0.1, -0.05) is 39.0 Å². The second kappa shape index (κ2) is 5.18. The fraction of sp³-hybridized carbons (Fsp3) is 0.421. The number of carbonyl (C=O) groups excluding carboxylic acids is 1. The second-order valence-electron chi connectivity index (χ2n) is 7.09. The maximum Gasteiger partial charge on any atom is 0.229 e. The summed E-state index contributed by atoms with van der Waals surface area (Å²) in [5.41, 5.74) is 3.50. The van der Waals surface area contributed by atoms with E-state index in [-0.39, 0.29) is 11.3 Å². The summed E-state index contributed by atoms with van der Waals surface area (Å²) >= 11 is 0. The Morgan fingerprint density at radius 3 is 2.19 bits per heavy atom. The molecule has 0 atom stereocenters. The Kier molecular flexibility index (Phi) is 3.48. The van der Waals surface area contributed by atoms with Gasteiger partial charge in [0.05, 0.1) is 0 Å². The molecule has 1 aliphatic rings. The number of rotatable bonds is 1. The number of hydrogen-bond acceptors (Lipinski definition) is 1. The van der Waals surface area contributed by atoms with Crippen molar-refractivity contribution in [1.29, 1.82) is 0 Å². The lowest BCUT2D eigenvalue weighted by molar-refractivity contribution is -0.123. The third-order valence-electron chi connectivity index (χ3n) is 4.24. The molecular weight excluding hydrogens is 258 g/mol. The molecule has 0 bridgehead atoms. The first-order valence-corrected chi connectivity index (χ1v) is 7.80. The van der Waals surface area contributed by atoms with Crippen LogP contribution in [0.15, 0.2) is 30.3 Å². The molecule has 2 aromatic carbocycles. The highest BCUT2D eigenvalue weighted by molar-refractivity contribution is 5.97. The molecule has 21 heavy (non-hydrogen) atoms. The molecule has 0 aliphatic heterocycles. The molecule has 0 unspecified atom stereocenters. The van der Waals surface area contributed by atoms with Crippen LogP contribution >= 0.6 is 0 Å². The van der Waals surface area contributed by atoms with E-state index in [9.17, 15) is 4.79 Å². The standard InChI is InChI=1S/C19H23NO/c1-19(2,3)18(21)20-17-9-8-15-10-13-6-4-5-7-14(13)11-16(15)12-17/h8-12H,4-7H2,1-3H3,(H,20,21). The Labute approximate surface area is 126 Å². The second-order valence-corrected chi connectivity index (χ2v) is 7.09. The molecule has 1 amide bonds. The van der Waals surface area contributed by atoms with Crippen LogP contribution in [0.3, 0.4) is 0 Å². The molecule has 1 aliphatic carbocycles. The van der Waals surface area contributed by atoms with Gasteiger partial charge in [-0.2, -0.15) is 0 Å². The largest absolute Gasteiger partial charge is 0.326 e. The first-order chi connectivity index (χ1) is 9.93. The lowest BCUT2D eigenvalue weighted by Gasteiger charge is -2.19. The summed E-state index contributed by atoms with van der Waals surface area (Å²) in [7, 11) is 0. The van der Waals surface area contributed by atoms with E-state index in [2.05, 4.69) is 29.6 Å². The van der Waals surface area contributed by atoms with Crippen molar-refractivity contribution in [2.24, 2.45) is 5.41 Å². The van der Waals surface area contributed by atoms with Gasteiger partial charge >= 0.3 is 0 Å². The van der Waals surface area contributed by atoms with Crippen LogP contribution in [0.2, 0.25) is 0 Å². The van der Waals surface area contributed by atoms with Crippen LogP contribution in [0, 0.1) is 5.41 Å². The molecule has 0 saturated heterocycles. The summed E-state index contributed by atoms with van der Waals surface area (Å²) in [5.74, 6) is 0.0554. The van der Waals surface area contributed by atoms with Crippen molar-refractivity contribution in [3.05, 3.63) is 41.5 Å². The molecule has 2 nitrogen and oxygen atoms in total. The fourth-order valence-corrected chi connectivity index (χ4v) is 2.88. The molecule has 1 N–H and O–H groups in total. The van der Waals surface area contributed by atoms with E-state index in [1.54, 1.807) is 0 Å². The fourth-order valence-electron chi connectivity index (χ4n) is 2.88. The molecule has 0 radical (unpaired) electrons. The van der Waals surface area contributed by atoms with Gasteiger partial charge in [-0.25, -0.2) is 0 Å². The minimum absolute atomic E-state index is 0.0554. The Morgan fingerprint density at radius 2 is 1.57 bits per heavy atom. The van der Waals surface area contributed by atoms with Crippen molar-refractivity contribution in [2.75, 3.05) is 5.32 Å². The average molecular weight is 281 g/mol. The zero-order valence-electron chi connectivity index (χ0n) is 13.1. The van der Waals surface area contributed by atoms with Gasteiger partial charge in [0, 0.05) is 11.1 Å². The zero-order valence-corrected chi connectivity index (χ0v) is 13.1. The SMILES string of the molecule is CC(C)(C)C(=O)Nc1ccc2cc3c(cc2c1)CCCC3. The number of amides is 1. The van der Waals surface area contributed by atoms with Crippen LogP contribution < -0.4 is 5.32 Å². The van der Waals surface area contributed by atoms with E-state index in [1.807, 2.05) is 26.8 Å². The highest BCUT2D eigenvalue weighted by Gasteiger charge is 2.21. The van der Waals surface area contributed by atoms with Gasteiger partial charge in [-0.3, -0.25) is 4.79 Å². The zero-order chi connectivity index (χ0) is 15.0. The third-order valence-corrected chi connectivity index (χ3v) is 4.24. The Hall–Kier alpha value is -1.83. The summed E-state index contributed by atoms with van der Waals surface area (Å²) in [4.78, 5) is 12.1. The van der Waals surface area contributed by atoms with Crippen molar-refractivity contribution in [1.82, 2.24) is 0 Å². The maximum atomic E-state index is 12.1. The van der Waals surface area contributed by atoms with E-state index in [4.69, 9.17) is 0 Å². The summed E-state index contributed by atoms with van der Waals surface area (Å²) in [5, 5.41) is 5.51. The van der Waals surface area contributed by atoms with Crippen LogP contribution in [0.25, 0.3) is 10.8 Å². The first-order valence-electron chi connectivity index (χ1n) is 7.80. The maximum absolute atomic E-state index is 12.1. The van der Waals surface area contributed by atoms with Gasteiger partial charge in [0.2, 0.25) is 5.91 Å². The number of aryl methyl sites for hydroxylation is 2. The first kappa shape index (κ1) is 14.1. The molecule has 3 rings (SSSR count). The summed E-state index contributed by atoms with van der Waals surface area (Å²) in [6.45, 7) is 5.79. The monoisotopic (exact) mass is 281 g/mol. The molecule has 0 fully saturated rings. The molecular formula is C19H23NO. The molecule has 2 heteroatoms. The van der Waals surface area contributed by atoms with Crippen molar-refractivity contribution in [3.8, 4) is 0 Å². The van der Waals surface area contributed by atoms with Gasteiger partial charge in [0.1, 0.15) is 0 Å². The average Bonchev–Trinajstić information content (AvgIpc) is 2.44. The van der Waals surface area contributed by atoms with Gasteiger partial charge < -0.3 is 5.32 Å². The van der Waals surface area contributed by atoms with E-state index in [0.717, 1.165) is 5.69 Å². The van der Waals surface area contributed by atoms with Gasteiger partial charge in [0.15, 0.2) is 0 Å². The predicted octanol–water partition coefficient (Wildman–Crippen LogP) is 4.70. The van der Waals surface area contributed by atoms with Crippen LogP contribution in [-0.2, 0) is 17.6 Å². The Morgan fingerprint density at radius 1 is 0.952 bits per heavy atom. The molecule has 0 spiro atoms. The summed E-state index contributed by atoms with van der Waals surface area (Å²) in [6.07, 6.45) is 4.98. The number of hydrogen-bond donors (Lipinski definition) is 1. The number of anilines is 1. The summed E-state index contributed by atoms with van der Waals surface area (Å²) in [6, 6.07) is 10.8. The Bertz CT molecular complexity index is 695. The molecule has 0 aromatic heterocycles. The number of fused-ring (bicyclic) bond motifs is 2. The van der Waals surface area contributed by atoms with Crippen LogP contribution in [0.5, 0.6) is 0 Å². The van der Waals surface area contributed by atoms with Gasteiger partial charge in [-0.05, 0) is 59.7 Å². The van der Waals surface area contributed by atoms with E-state index in [0.29, 0.717) is 0 Å². The van der Waals surface area contributed by atoms with Gasteiger partial charge in [-0.15, -0.1) is 0 Å². The molecule has 0 saturated carbocycles. The minimum Gasteiger partial charge on any atom is -0.326 e. The normalized spacial score (nSPS) is 14.8. The Balaban J connectivity index is 1.94. The topological polar surface area (TPSA) is 29.1 Å². The lowest BCUT2D eigenvalue weighted by atomic mass is 9.89. The molecule has 110 valence electrons. The van der Waals surface area contributed by atoms with Crippen LogP contribution in [0.1, 0.15) is 44.7 Å². The van der Waals surface area contributed by atoms with E-state index >= 15 is 0 Å². The van der Waals surface area contributed by atoms with Crippen molar-refractivity contribution < 1.29 is 4.79 Å². The quantitative estimate of drug-likeness (QED) is 0.806. The van der Waals surface area contributed by atoms with Crippen molar-refractivity contribution >= 4 is 22.4 Å². The highest BCUT2D eigenvalue weighted by Crippen LogP contribution is 2.28. The predicted molar refractivity (Wildman–Crippen MR) is 88.7 cm³/mol. The molecule has 2 aromatic rings. The number of nitrogens with one attached hydrogen (secondary N) is 1. The van der Waals surface area contributed by atoms with Gasteiger partial charge in [0.25, 0.3) is 0 Å². The number of carbonyl (C=O) groups is 1. The van der Waals surface area contributed by atoms with E-state index < -0.39 is 0 Å². The third kappa shape index (κ3) is 2.94.